The van der Waals surface area contributed by atoms with Gasteiger partial charge in [0.1, 0.15) is 0 Å². The lowest BCUT2D eigenvalue weighted by atomic mass is 10.2. The number of nitrogens with zero attached hydrogens (tertiary/aromatic N) is 1. The average Bonchev–Trinajstić information content (AvgIpc) is 2.75. The Balaban J connectivity index is 1.76. The van der Waals surface area contributed by atoms with E-state index in [0.29, 0.717) is 0 Å². The van der Waals surface area contributed by atoms with Gasteiger partial charge in [0.2, 0.25) is 0 Å². The first-order valence-electron chi connectivity index (χ1n) is 6.89. The molecule has 2 aromatic carbocycles. The molecule has 1 aromatic heterocycles. The highest BCUT2D eigenvalue weighted by Gasteiger charge is 2.10. The molecule has 3 rings (SSSR count). The minimum atomic E-state index is 0.761. The summed E-state index contributed by atoms with van der Waals surface area (Å²) < 4.78 is 3.52. The molecule has 0 aliphatic heterocycles. The maximum absolute atomic E-state index is 5.89. The van der Waals surface area contributed by atoms with E-state index in [-0.39, 0.29) is 0 Å². The Kier molecular flexibility index (Phi) is 4.22. The van der Waals surface area contributed by atoms with Crippen LogP contribution in [0.25, 0.3) is 10.9 Å². The van der Waals surface area contributed by atoms with Crippen molar-refractivity contribution in [3.8, 4) is 0 Å². The summed E-state index contributed by atoms with van der Waals surface area (Å²) in [5, 5.41) is 5.45. The number of hydrogen-bond acceptors (Lipinski definition) is 1. The van der Waals surface area contributed by atoms with E-state index in [4.69, 9.17) is 11.6 Å². The smallest absolute Gasteiger partial charge is 0.0494 e. The van der Waals surface area contributed by atoms with Crippen LogP contribution in [0.3, 0.4) is 0 Å². The molecule has 4 heteroatoms. The van der Waals surface area contributed by atoms with Crippen LogP contribution in [0.15, 0.2) is 53.0 Å². The Morgan fingerprint density at radius 1 is 1.10 bits per heavy atom. The van der Waals surface area contributed by atoms with Gasteiger partial charge in [0.25, 0.3) is 0 Å². The van der Waals surface area contributed by atoms with Crippen molar-refractivity contribution in [2.24, 2.45) is 0 Å². The first-order valence-corrected chi connectivity index (χ1v) is 8.06. The predicted molar refractivity (Wildman–Crippen MR) is 94.3 cm³/mol. The Labute approximate surface area is 137 Å². The fraction of sp³-hybridized carbons (Fsp3) is 0.176. The second kappa shape index (κ2) is 6.12. The van der Waals surface area contributed by atoms with E-state index < -0.39 is 0 Å². The molecular formula is C17H16BrClN2. The lowest BCUT2D eigenvalue weighted by molar-refractivity contribution is 0.733. The van der Waals surface area contributed by atoms with Crippen LogP contribution in [0.5, 0.6) is 0 Å². The maximum Gasteiger partial charge on any atom is 0.0494 e. The molecule has 0 unspecified atom stereocenters. The van der Waals surface area contributed by atoms with Crippen molar-refractivity contribution in [1.82, 2.24) is 4.57 Å². The second-order valence-electron chi connectivity index (χ2n) is 5.00. The molecule has 2 nitrogen and oxygen atoms in total. The Bertz CT molecular complexity index is 762. The van der Waals surface area contributed by atoms with Gasteiger partial charge in [-0.2, -0.15) is 0 Å². The van der Waals surface area contributed by atoms with Gasteiger partial charge in [-0.3, -0.25) is 0 Å². The molecule has 0 spiro atoms. The molecule has 0 aliphatic carbocycles. The van der Waals surface area contributed by atoms with Gasteiger partial charge in [-0.1, -0.05) is 29.8 Å². The number of fused-ring (bicyclic) bond motifs is 1. The second-order valence-corrected chi connectivity index (χ2v) is 6.23. The molecule has 0 aliphatic rings. The third kappa shape index (κ3) is 2.94. The summed E-state index contributed by atoms with van der Waals surface area (Å²) in [5.41, 5.74) is 3.61. The van der Waals surface area contributed by atoms with Crippen molar-refractivity contribution in [1.29, 1.82) is 0 Å². The number of benzene rings is 2. The van der Waals surface area contributed by atoms with E-state index in [2.05, 4.69) is 57.0 Å². The molecule has 0 radical (unpaired) electrons. The molecule has 0 saturated heterocycles. The van der Waals surface area contributed by atoms with Crippen LogP contribution in [-0.2, 0) is 6.54 Å². The topological polar surface area (TPSA) is 17.0 Å². The number of para-hydroxylation sites is 1. The molecule has 0 atom stereocenters. The highest BCUT2D eigenvalue weighted by molar-refractivity contribution is 9.10. The van der Waals surface area contributed by atoms with Gasteiger partial charge in [-0.15, -0.1) is 0 Å². The number of nitrogens with one attached hydrogen (secondary N) is 1. The zero-order chi connectivity index (χ0) is 14.8. The normalized spacial score (nSPS) is 11.0. The third-order valence-electron chi connectivity index (χ3n) is 3.66. The van der Waals surface area contributed by atoms with Gasteiger partial charge in [0.15, 0.2) is 0 Å². The molecule has 108 valence electrons. The van der Waals surface area contributed by atoms with Crippen molar-refractivity contribution in [3.05, 3.63) is 63.7 Å². The molecule has 0 saturated carbocycles. The van der Waals surface area contributed by atoms with E-state index in [1.54, 1.807) is 0 Å². The summed E-state index contributed by atoms with van der Waals surface area (Å²) in [6.45, 7) is 3.93. The van der Waals surface area contributed by atoms with Gasteiger partial charge < -0.3 is 9.88 Å². The number of aromatic nitrogens is 1. The lowest BCUT2D eigenvalue weighted by Crippen LogP contribution is -2.11. The number of rotatable bonds is 4. The van der Waals surface area contributed by atoms with Gasteiger partial charge in [0, 0.05) is 44.9 Å². The van der Waals surface area contributed by atoms with Gasteiger partial charge >= 0.3 is 0 Å². The predicted octanol–water partition coefficient (Wildman–Crippen LogP) is 5.48. The average molecular weight is 364 g/mol. The van der Waals surface area contributed by atoms with Gasteiger partial charge in [-0.25, -0.2) is 0 Å². The number of hydrogen-bond donors (Lipinski definition) is 1. The maximum atomic E-state index is 5.89. The summed E-state index contributed by atoms with van der Waals surface area (Å²) in [7, 11) is 0. The van der Waals surface area contributed by atoms with Gasteiger partial charge in [0.05, 0.1) is 0 Å². The first-order chi connectivity index (χ1) is 10.2. The van der Waals surface area contributed by atoms with Crippen LogP contribution in [-0.4, -0.2) is 11.1 Å². The minimum Gasteiger partial charge on any atom is -0.383 e. The van der Waals surface area contributed by atoms with Crippen molar-refractivity contribution < 1.29 is 0 Å². The number of halogens is 2. The van der Waals surface area contributed by atoms with E-state index in [1.807, 2.05) is 24.3 Å². The van der Waals surface area contributed by atoms with E-state index in [0.717, 1.165) is 23.8 Å². The first kappa shape index (κ1) is 14.5. The summed E-state index contributed by atoms with van der Waals surface area (Å²) in [4.78, 5) is 0. The molecule has 3 aromatic rings. The molecule has 0 amide bonds. The highest BCUT2D eigenvalue weighted by atomic mass is 79.9. The molecule has 21 heavy (non-hydrogen) atoms. The van der Waals surface area contributed by atoms with Crippen LogP contribution >= 0.6 is 27.5 Å². The standard InChI is InChI=1S/C17H16BrClN2/c1-12-17(18)15-4-2-3-5-16(15)21(12)11-10-20-14-8-6-13(19)7-9-14/h2-9,20H,10-11H2,1H3. The van der Waals surface area contributed by atoms with E-state index >= 15 is 0 Å². The van der Waals surface area contributed by atoms with Crippen LogP contribution in [0.4, 0.5) is 5.69 Å². The quantitative estimate of drug-likeness (QED) is 0.649. The van der Waals surface area contributed by atoms with Crippen molar-refractivity contribution in [2.45, 2.75) is 13.5 Å². The van der Waals surface area contributed by atoms with E-state index in [9.17, 15) is 0 Å². The van der Waals surface area contributed by atoms with Crippen LogP contribution in [0.2, 0.25) is 5.02 Å². The summed E-state index contributed by atoms with van der Waals surface area (Å²) >= 11 is 9.58. The summed E-state index contributed by atoms with van der Waals surface area (Å²) in [5.74, 6) is 0. The van der Waals surface area contributed by atoms with E-state index in [1.165, 1.54) is 21.1 Å². The minimum absolute atomic E-state index is 0.761. The summed E-state index contributed by atoms with van der Waals surface area (Å²) in [6.07, 6.45) is 0. The highest BCUT2D eigenvalue weighted by Crippen LogP contribution is 2.30. The van der Waals surface area contributed by atoms with Crippen LogP contribution in [0.1, 0.15) is 5.69 Å². The Hall–Kier alpha value is -1.45. The molecule has 1 heterocycles. The van der Waals surface area contributed by atoms with Crippen LogP contribution < -0.4 is 5.32 Å². The largest absolute Gasteiger partial charge is 0.383 e. The zero-order valence-electron chi connectivity index (χ0n) is 11.7. The summed E-state index contributed by atoms with van der Waals surface area (Å²) in [6, 6.07) is 16.3. The molecular weight excluding hydrogens is 348 g/mol. The fourth-order valence-electron chi connectivity index (χ4n) is 2.56. The lowest BCUT2D eigenvalue weighted by Gasteiger charge is -2.10. The Morgan fingerprint density at radius 2 is 1.81 bits per heavy atom. The molecule has 0 bridgehead atoms. The molecule has 0 fully saturated rings. The van der Waals surface area contributed by atoms with Crippen molar-refractivity contribution in [2.75, 3.05) is 11.9 Å². The van der Waals surface area contributed by atoms with Crippen LogP contribution in [0, 0.1) is 6.92 Å². The van der Waals surface area contributed by atoms with Crippen molar-refractivity contribution in [3.63, 3.8) is 0 Å². The van der Waals surface area contributed by atoms with Gasteiger partial charge in [-0.05, 0) is 53.2 Å². The van der Waals surface area contributed by atoms with Crippen molar-refractivity contribution >= 4 is 44.1 Å². The third-order valence-corrected chi connectivity index (χ3v) is 4.92. The fourth-order valence-corrected chi connectivity index (χ4v) is 3.23. The molecule has 1 N–H and O–H groups in total. The monoisotopic (exact) mass is 362 g/mol. The Morgan fingerprint density at radius 3 is 2.57 bits per heavy atom. The SMILES string of the molecule is Cc1c(Br)c2ccccc2n1CCNc1ccc(Cl)cc1. The number of anilines is 1. The zero-order valence-corrected chi connectivity index (χ0v) is 14.1.